The molecular weight excluding hydrogens is 636 g/mol. The minimum absolute atomic E-state index is 0.0129. The number of carbonyl (C=O) groups excluding carboxylic acids is 1. The number of fused-ring (bicyclic) bond motifs is 2. The molecule has 0 aromatic heterocycles. The van der Waals surface area contributed by atoms with Crippen LogP contribution in [0.25, 0.3) is 0 Å². The Kier molecular flexibility index (Phi) is 8.57. The molecule has 7 rings (SSSR count). The molecule has 5 aliphatic carbocycles. The summed E-state index contributed by atoms with van der Waals surface area (Å²) >= 11 is 0. The summed E-state index contributed by atoms with van der Waals surface area (Å²) in [6.07, 6.45) is -4.93. The number of rotatable bonds is 6. The van der Waals surface area contributed by atoms with Crippen molar-refractivity contribution in [2.24, 2.45) is 56.7 Å². The zero-order valence-electron chi connectivity index (χ0n) is 29.9. The normalized spacial score (nSPS) is 58.7. The molecule has 19 atom stereocenters. The van der Waals surface area contributed by atoms with Gasteiger partial charge in [-0.1, -0.05) is 34.6 Å². The van der Waals surface area contributed by atoms with Crippen LogP contribution in [0.4, 0.5) is 0 Å². The van der Waals surface area contributed by atoms with Gasteiger partial charge in [0.2, 0.25) is 6.29 Å². The minimum atomic E-state index is -1.75. The fourth-order valence-corrected chi connectivity index (χ4v) is 13.5. The van der Waals surface area contributed by atoms with Gasteiger partial charge in [-0.15, -0.1) is 0 Å². The lowest BCUT2D eigenvalue weighted by molar-refractivity contribution is -0.300. The molecule has 8 N–H and O–H groups in total. The van der Waals surface area contributed by atoms with Crippen molar-refractivity contribution >= 4 is 5.97 Å². The Labute approximate surface area is 289 Å². The Balaban J connectivity index is 1.14. The van der Waals surface area contributed by atoms with Crippen molar-refractivity contribution in [3.05, 3.63) is 0 Å². The number of hydrogen-bond acceptors (Lipinski definition) is 12. The van der Waals surface area contributed by atoms with Crippen molar-refractivity contribution in [2.75, 3.05) is 6.61 Å². The molecule has 2 aliphatic heterocycles. The van der Waals surface area contributed by atoms with Crippen LogP contribution < -0.4 is 0 Å². The maximum atomic E-state index is 14.1. The van der Waals surface area contributed by atoms with Crippen molar-refractivity contribution in [1.82, 2.24) is 0 Å². The molecule has 0 radical (unpaired) electrons. The number of carbonyl (C=O) groups is 1. The van der Waals surface area contributed by atoms with E-state index in [0.717, 1.165) is 38.5 Å². The van der Waals surface area contributed by atoms with Gasteiger partial charge in [0.05, 0.1) is 30.3 Å². The maximum Gasteiger partial charge on any atom is 0.317 e. The summed E-state index contributed by atoms with van der Waals surface area (Å²) in [5.74, 6) is -0.568. The average Bonchev–Trinajstić information content (AvgIpc) is 3.54. The Morgan fingerprint density at radius 1 is 0.837 bits per heavy atom. The first-order valence-electron chi connectivity index (χ1n) is 18.7. The van der Waals surface area contributed by atoms with Crippen molar-refractivity contribution in [2.45, 2.75) is 160 Å². The Bertz CT molecular complexity index is 1310. The first-order valence-corrected chi connectivity index (χ1v) is 18.7. The van der Waals surface area contributed by atoms with Crippen LogP contribution in [0.15, 0.2) is 0 Å². The Morgan fingerprint density at radius 3 is 2.14 bits per heavy atom. The van der Waals surface area contributed by atoms with Gasteiger partial charge < -0.3 is 55.1 Å². The highest BCUT2D eigenvalue weighted by molar-refractivity contribution is 5.78. The second-order valence-corrected chi connectivity index (χ2v) is 18.4. The lowest BCUT2D eigenvalue weighted by atomic mass is 9.41. The van der Waals surface area contributed by atoms with Crippen LogP contribution >= 0.6 is 0 Å². The third-order valence-corrected chi connectivity index (χ3v) is 16.8. The largest absolute Gasteiger partial charge is 0.432 e. The number of ether oxygens (including phenoxy) is 3. The zero-order valence-corrected chi connectivity index (χ0v) is 29.9. The van der Waals surface area contributed by atoms with Crippen LogP contribution in [-0.4, -0.2) is 114 Å². The first-order chi connectivity index (χ1) is 22.8. The number of aliphatic hydroxyl groups excluding tert-OH is 7. The molecule has 19 unspecified atom stereocenters. The van der Waals surface area contributed by atoms with Gasteiger partial charge in [-0.25, -0.2) is 0 Å². The van der Waals surface area contributed by atoms with E-state index in [0.29, 0.717) is 24.7 Å². The van der Waals surface area contributed by atoms with Crippen LogP contribution in [0.2, 0.25) is 0 Å². The van der Waals surface area contributed by atoms with Crippen molar-refractivity contribution < 1.29 is 59.9 Å². The van der Waals surface area contributed by atoms with Crippen molar-refractivity contribution in [3.8, 4) is 0 Å². The molecule has 12 nitrogen and oxygen atoms in total. The second kappa shape index (κ2) is 11.5. The van der Waals surface area contributed by atoms with Gasteiger partial charge in [0, 0.05) is 18.3 Å². The van der Waals surface area contributed by atoms with E-state index in [-0.39, 0.29) is 40.6 Å². The van der Waals surface area contributed by atoms with E-state index in [1.54, 1.807) is 6.92 Å². The number of hydrogen-bond donors (Lipinski definition) is 8. The molecule has 7 fully saturated rings. The van der Waals surface area contributed by atoms with Crippen LogP contribution in [-0.2, 0) is 19.0 Å². The van der Waals surface area contributed by atoms with Gasteiger partial charge in [-0.2, -0.15) is 0 Å². The molecule has 49 heavy (non-hydrogen) atoms. The molecule has 12 heteroatoms. The van der Waals surface area contributed by atoms with E-state index in [9.17, 15) is 45.6 Å². The number of esters is 1. The Hall–Kier alpha value is -0.930. The minimum Gasteiger partial charge on any atom is -0.432 e. The maximum absolute atomic E-state index is 14.1. The summed E-state index contributed by atoms with van der Waals surface area (Å²) in [7, 11) is 0. The smallest absolute Gasteiger partial charge is 0.317 e. The third kappa shape index (κ3) is 4.48. The molecular formula is C37H60O12. The van der Waals surface area contributed by atoms with E-state index >= 15 is 0 Å². The molecule has 0 aromatic carbocycles. The lowest BCUT2D eigenvalue weighted by Gasteiger charge is -2.64. The fraction of sp³-hybridized carbons (Fsp3) is 0.973. The second-order valence-electron chi connectivity index (χ2n) is 18.4. The summed E-state index contributed by atoms with van der Waals surface area (Å²) in [6, 6.07) is 0. The van der Waals surface area contributed by atoms with Crippen LogP contribution in [0.5, 0.6) is 0 Å². The van der Waals surface area contributed by atoms with Crippen LogP contribution in [0.1, 0.15) is 99.3 Å². The molecule has 2 heterocycles. The highest BCUT2D eigenvalue weighted by atomic mass is 16.7. The summed E-state index contributed by atoms with van der Waals surface area (Å²) < 4.78 is 17.3. The monoisotopic (exact) mass is 696 g/mol. The topological polar surface area (TPSA) is 207 Å². The van der Waals surface area contributed by atoms with E-state index in [1.165, 1.54) is 0 Å². The third-order valence-electron chi connectivity index (χ3n) is 16.8. The first kappa shape index (κ1) is 36.4. The molecule has 5 saturated carbocycles. The van der Waals surface area contributed by atoms with Gasteiger partial charge in [-0.3, -0.25) is 4.79 Å². The van der Waals surface area contributed by atoms with Gasteiger partial charge in [-0.05, 0) is 97.7 Å². The van der Waals surface area contributed by atoms with Gasteiger partial charge in [0.1, 0.15) is 30.0 Å². The van der Waals surface area contributed by atoms with Crippen LogP contribution in [0.3, 0.4) is 0 Å². The molecule has 2 spiro atoms. The summed E-state index contributed by atoms with van der Waals surface area (Å²) in [6.45, 7) is 11.9. The average molecular weight is 697 g/mol. The summed E-state index contributed by atoms with van der Waals surface area (Å²) in [5, 5.41) is 86.1. The lowest BCUT2D eigenvalue weighted by Crippen LogP contribution is -2.65. The van der Waals surface area contributed by atoms with E-state index in [1.807, 2.05) is 13.8 Å². The summed E-state index contributed by atoms with van der Waals surface area (Å²) in [5.41, 5.74) is -3.56. The molecule has 0 bridgehead atoms. The van der Waals surface area contributed by atoms with E-state index in [2.05, 4.69) is 20.8 Å². The molecule has 7 aliphatic rings. The predicted molar refractivity (Wildman–Crippen MR) is 173 cm³/mol. The molecule has 2 saturated heterocycles. The predicted octanol–water partition coefficient (Wildman–Crippen LogP) is 1.21. The standard InChI is InChI=1S/C37H60O12/c1-17(2)37(46)14-20(48-31(37)45)18(3)19-9-10-33(5)22-7-8-23-34(6,30(44)49-29-28(43)27(42)26(41)21(15-38)47-29)24(39)13-25(40)36(23)16-35(22,36)12-11-32(19,33)4/h17-29,31,38-43,45-46H,7-16H2,1-6H3. The SMILES string of the molecule is CC(C1CC(O)(C(C)C)C(O)O1)C1CCC2(C)C3CCC4C(C)(C(=O)OC5OC(CO)C(O)C(O)C5O)C(O)CC(O)C45CC35CCC12C. The summed E-state index contributed by atoms with van der Waals surface area (Å²) in [4.78, 5) is 14.1. The molecule has 0 amide bonds. The highest BCUT2D eigenvalue weighted by Gasteiger charge is 2.86. The zero-order chi connectivity index (χ0) is 35.9. The van der Waals surface area contributed by atoms with Crippen LogP contribution in [0, 0.1) is 56.7 Å². The van der Waals surface area contributed by atoms with Gasteiger partial charge >= 0.3 is 5.97 Å². The van der Waals surface area contributed by atoms with Crippen molar-refractivity contribution in [1.29, 1.82) is 0 Å². The Morgan fingerprint density at radius 2 is 1.51 bits per heavy atom. The van der Waals surface area contributed by atoms with E-state index in [4.69, 9.17) is 14.2 Å². The molecule has 280 valence electrons. The van der Waals surface area contributed by atoms with Gasteiger partial charge in [0.15, 0.2) is 6.29 Å². The van der Waals surface area contributed by atoms with Crippen molar-refractivity contribution in [3.63, 3.8) is 0 Å². The van der Waals surface area contributed by atoms with Gasteiger partial charge in [0.25, 0.3) is 0 Å². The fourth-order valence-electron chi connectivity index (χ4n) is 13.5. The van der Waals surface area contributed by atoms with E-state index < -0.39 is 84.1 Å². The highest BCUT2D eigenvalue weighted by Crippen LogP contribution is 2.89. The quantitative estimate of drug-likeness (QED) is 0.185. The number of aliphatic hydroxyl groups is 8. The molecule has 0 aromatic rings.